The first kappa shape index (κ1) is 31.0. The van der Waals surface area contributed by atoms with Crippen LogP contribution in [0.4, 0.5) is 13.2 Å². The molecule has 15 heteroatoms. The van der Waals surface area contributed by atoms with Gasteiger partial charge in [0.1, 0.15) is 11.5 Å². The van der Waals surface area contributed by atoms with Gasteiger partial charge in [0.25, 0.3) is 10.0 Å². The van der Waals surface area contributed by atoms with Crippen LogP contribution in [0.2, 0.25) is 0 Å². The molecule has 2 atom stereocenters. The molecule has 42 heavy (non-hydrogen) atoms. The molecule has 4 aromatic rings. The average Bonchev–Trinajstić information content (AvgIpc) is 3.35. The Kier molecular flexibility index (Phi) is 9.21. The van der Waals surface area contributed by atoms with Gasteiger partial charge in [0, 0.05) is 11.8 Å². The number of carbonyl (C=O) groups is 1. The molecule has 0 radical (unpaired) electrons. The lowest BCUT2D eigenvalue weighted by atomic mass is 10.1. The fourth-order valence-electron chi connectivity index (χ4n) is 4.13. The molecule has 1 N–H and O–H groups in total. The van der Waals surface area contributed by atoms with E-state index in [1.54, 1.807) is 32.0 Å². The summed E-state index contributed by atoms with van der Waals surface area (Å²) in [7, 11) is -6.50. The lowest BCUT2D eigenvalue weighted by Gasteiger charge is -2.15. The first-order chi connectivity index (χ1) is 19.9. The predicted molar refractivity (Wildman–Crippen MR) is 146 cm³/mol. The van der Waals surface area contributed by atoms with Gasteiger partial charge in [0.15, 0.2) is 12.7 Å². The van der Waals surface area contributed by atoms with Gasteiger partial charge in [-0.05, 0) is 55.3 Å². The molecule has 0 aliphatic rings. The minimum absolute atomic E-state index is 0.0616. The third-order valence-electron chi connectivity index (χ3n) is 6.10. The SMILES string of the molecule is CCc1c(OCC(F)(F)F)ccnc1CS(=O)c1nc2ccccc2n1S(=O)(=O)c1ccc(OC(CC)C(=O)O)cc1. The number of imidazole rings is 1. The van der Waals surface area contributed by atoms with Crippen LogP contribution in [0.5, 0.6) is 11.5 Å². The van der Waals surface area contributed by atoms with E-state index in [1.165, 1.54) is 42.6 Å². The van der Waals surface area contributed by atoms with E-state index in [2.05, 4.69) is 9.97 Å². The number of rotatable bonds is 12. The predicted octanol–water partition coefficient (Wildman–Crippen LogP) is 4.72. The number of pyridine rings is 1. The standard InChI is InChI=1S/C27H26F3N3O7S2/c1-3-19-21(31-14-13-24(19)39-16-27(28,29)30)15-41(36)26-32-20-7-5-6-8-22(20)33(26)42(37,38)18-11-9-17(10-12-18)40-23(4-2)25(34)35/h5-14,23H,3-4,15-16H2,1-2H3,(H,34,35). The number of fused-ring (bicyclic) bond motifs is 1. The summed E-state index contributed by atoms with van der Waals surface area (Å²) in [6, 6.07) is 12.7. The third-order valence-corrected chi connectivity index (χ3v) is 9.15. The van der Waals surface area contributed by atoms with E-state index < -0.39 is 45.7 Å². The van der Waals surface area contributed by atoms with Crippen LogP contribution in [-0.4, -0.2) is 56.5 Å². The van der Waals surface area contributed by atoms with Crippen LogP contribution >= 0.6 is 0 Å². The summed E-state index contributed by atoms with van der Waals surface area (Å²) in [5.74, 6) is -1.42. The Morgan fingerprint density at radius 2 is 1.79 bits per heavy atom. The molecule has 2 aromatic heterocycles. The molecular weight excluding hydrogens is 599 g/mol. The van der Waals surface area contributed by atoms with E-state index in [4.69, 9.17) is 9.47 Å². The Balaban J connectivity index is 1.71. The topological polar surface area (TPSA) is 138 Å². The van der Waals surface area contributed by atoms with Gasteiger partial charge < -0.3 is 14.6 Å². The molecular formula is C27H26F3N3O7S2. The largest absolute Gasteiger partial charge is 0.484 e. The van der Waals surface area contributed by atoms with Crippen LogP contribution in [0, 0.1) is 0 Å². The number of aromatic nitrogens is 3. The summed E-state index contributed by atoms with van der Waals surface area (Å²) in [5.41, 5.74) is 0.895. The highest BCUT2D eigenvalue weighted by atomic mass is 32.2. The fraction of sp³-hybridized carbons (Fsp3) is 0.296. The normalized spacial score (nSPS) is 13.5. The minimum atomic E-state index is -4.56. The molecule has 2 heterocycles. The van der Waals surface area contributed by atoms with Crippen LogP contribution in [0.25, 0.3) is 11.0 Å². The van der Waals surface area contributed by atoms with Gasteiger partial charge in [-0.2, -0.15) is 13.2 Å². The zero-order valence-electron chi connectivity index (χ0n) is 22.4. The van der Waals surface area contributed by atoms with Crippen molar-refractivity contribution >= 4 is 37.8 Å². The molecule has 224 valence electrons. The molecule has 0 saturated carbocycles. The van der Waals surface area contributed by atoms with E-state index in [-0.39, 0.29) is 56.9 Å². The molecule has 2 aromatic carbocycles. The Bertz CT molecular complexity index is 1720. The smallest absolute Gasteiger partial charge is 0.422 e. The van der Waals surface area contributed by atoms with Crippen LogP contribution in [0.15, 0.2) is 70.8 Å². The molecule has 0 amide bonds. The van der Waals surface area contributed by atoms with Crippen molar-refractivity contribution in [2.45, 2.75) is 54.8 Å². The highest BCUT2D eigenvalue weighted by molar-refractivity contribution is 7.91. The number of halogens is 3. The summed E-state index contributed by atoms with van der Waals surface area (Å²) in [4.78, 5) is 19.6. The van der Waals surface area contributed by atoms with E-state index >= 15 is 0 Å². The maximum atomic E-state index is 13.9. The van der Waals surface area contributed by atoms with Gasteiger partial charge in [-0.3, -0.25) is 9.19 Å². The van der Waals surface area contributed by atoms with E-state index in [0.717, 1.165) is 3.97 Å². The zero-order chi connectivity index (χ0) is 30.7. The van der Waals surface area contributed by atoms with Crippen LogP contribution in [0.3, 0.4) is 0 Å². The Morgan fingerprint density at radius 1 is 1.10 bits per heavy atom. The summed E-state index contributed by atoms with van der Waals surface area (Å²) in [5, 5.41) is 8.92. The number of aliphatic carboxylic acids is 1. The van der Waals surface area contributed by atoms with Gasteiger partial charge in [0.05, 0.1) is 38.2 Å². The van der Waals surface area contributed by atoms with Crippen molar-refractivity contribution in [1.82, 2.24) is 13.9 Å². The van der Waals surface area contributed by atoms with E-state index in [0.29, 0.717) is 5.56 Å². The molecule has 0 saturated heterocycles. The zero-order valence-corrected chi connectivity index (χ0v) is 24.0. The number of alkyl halides is 3. The van der Waals surface area contributed by atoms with Crippen LogP contribution in [0.1, 0.15) is 31.5 Å². The number of carboxylic acids is 1. The molecule has 0 aliphatic carbocycles. The molecule has 0 fully saturated rings. The van der Waals surface area contributed by atoms with E-state index in [1.807, 2.05) is 0 Å². The molecule has 0 aliphatic heterocycles. The summed E-state index contributed by atoms with van der Waals surface area (Å²) in [6.45, 7) is 1.80. The number of carboxylic acid groups (broad SMARTS) is 1. The third kappa shape index (κ3) is 6.73. The van der Waals surface area contributed by atoms with Gasteiger partial charge in [0.2, 0.25) is 5.16 Å². The summed E-state index contributed by atoms with van der Waals surface area (Å²) >= 11 is 0. The van der Waals surface area contributed by atoms with Crippen molar-refractivity contribution in [2.24, 2.45) is 0 Å². The molecule has 10 nitrogen and oxygen atoms in total. The Labute approximate surface area is 241 Å². The average molecular weight is 626 g/mol. The van der Waals surface area contributed by atoms with Crippen molar-refractivity contribution in [3.8, 4) is 11.5 Å². The Hall–Kier alpha value is -3.98. The number of benzene rings is 2. The molecule has 0 spiro atoms. The first-order valence-electron chi connectivity index (χ1n) is 12.6. The number of hydrogen-bond acceptors (Lipinski definition) is 8. The Morgan fingerprint density at radius 3 is 2.40 bits per heavy atom. The van der Waals surface area contributed by atoms with Crippen LogP contribution < -0.4 is 9.47 Å². The highest BCUT2D eigenvalue weighted by Gasteiger charge is 2.30. The van der Waals surface area contributed by atoms with Crippen molar-refractivity contribution in [3.63, 3.8) is 0 Å². The number of nitrogens with zero attached hydrogens (tertiary/aromatic N) is 3. The lowest BCUT2D eigenvalue weighted by molar-refractivity contribution is -0.153. The van der Waals surface area contributed by atoms with Gasteiger partial charge in [-0.15, -0.1) is 0 Å². The fourth-order valence-corrected chi connectivity index (χ4v) is 7.13. The van der Waals surface area contributed by atoms with Gasteiger partial charge in [-0.1, -0.05) is 26.0 Å². The lowest BCUT2D eigenvalue weighted by Crippen LogP contribution is -2.25. The minimum Gasteiger partial charge on any atom is -0.484 e. The van der Waals surface area contributed by atoms with Crippen molar-refractivity contribution in [3.05, 3.63) is 72.1 Å². The molecule has 2 unspecified atom stereocenters. The quantitative estimate of drug-likeness (QED) is 0.237. The first-order valence-corrected chi connectivity index (χ1v) is 15.4. The maximum Gasteiger partial charge on any atom is 0.422 e. The van der Waals surface area contributed by atoms with Gasteiger partial charge >= 0.3 is 12.1 Å². The number of ether oxygens (including phenoxy) is 2. The second kappa shape index (κ2) is 12.5. The second-order valence-corrected chi connectivity index (χ2v) is 12.1. The molecule has 4 rings (SSSR count). The van der Waals surface area contributed by atoms with E-state index in [9.17, 15) is 35.7 Å². The number of hydrogen-bond donors (Lipinski definition) is 1. The summed E-state index contributed by atoms with van der Waals surface area (Å²) < 4.78 is 90.8. The van der Waals surface area contributed by atoms with Crippen molar-refractivity contribution < 1.29 is 45.2 Å². The van der Waals surface area contributed by atoms with Gasteiger partial charge in [-0.25, -0.2) is 22.2 Å². The highest BCUT2D eigenvalue weighted by Crippen LogP contribution is 2.30. The second-order valence-electron chi connectivity index (χ2n) is 8.96. The van der Waals surface area contributed by atoms with Crippen LogP contribution in [-0.2, 0) is 37.8 Å². The molecule has 0 bridgehead atoms. The van der Waals surface area contributed by atoms with Crippen molar-refractivity contribution in [2.75, 3.05) is 6.61 Å². The summed E-state index contributed by atoms with van der Waals surface area (Å²) in [6.07, 6.45) is -4.03. The monoisotopic (exact) mass is 625 g/mol. The number of para-hydroxylation sites is 2. The maximum absolute atomic E-state index is 13.9. The van der Waals surface area contributed by atoms with Crippen molar-refractivity contribution in [1.29, 1.82) is 0 Å².